The van der Waals surface area contributed by atoms with Crippen LogP contribution in [0.5, 0.6) is 0 Å². The molecule has 25 heavy (non-hydrogen) atoms. The highest BCUT2D eigenvalue weighted by atomic mass is 16.6. The molecule has 2 aromatic rings. The number of nitrogens with zero attached hydrogens (tertiary/aromatic N) is 2. The summed E-state index contributed by atoms with van der Waals surface area (Å²) in [6.07, 6.45) is 0. The number of hydrogen-bond acceptors (Lipinski definition) is 4. The number of hydrogen-bond donors (Lipinski definition) is 1. The van der Waals surface area contributed by atoms with Gasteiger partial charge in [0.1, 0.15) is 0 Å². The van der Waals surface area contributed by atoms with Crippen LogP contribution in [0, 0.1) is 17.0 Å². The molecule has 1 N–H and O–H groups in total. The summed E-state index contributed by atoms with van der Waals surface area (Å²) in [5, 5.41) is 13.2. The van der Waals surface area contributed by atoms with Crippen LogP contribution < -0.4 is 5.32 Å². The van der Waals surface area contributed by atoms with Crippen molar-refractivity contribution in [2.24, 2.45) is 0 Å². The van der Waals surface area contributed by atoms with Gasteiger partial charge in [-0.05, 0) is 24.1 Å². The number of benzene rings is 2. The summed E-state index contributed by atoms with van der Waals surface area (Å²) in [5.41, 5.74) is 2.09. The predicted octanol–water partition coefficient (Wildman–Crippen LogP) is 2.29. The summed E-state index contributed by atoms with van der Waals surface area (Å²) in [6, 6.07) is 13.1. The van der Waals surface area contributed by atoms with Gasteiger partial charge >= 0.3 is 0 Å². The molecule has 130 valence electrons. The van der Waals surface area contributed by atoms with E-state index in [0.717, 1.165) is 11.1 Å². The first-order valence-corrected chi connectivity index (χ1v) is 7.69. The second-order valence-electron chi connectivity index (χ2n) is 5.67. The van der Waals surface area contributed by atoms with Crippen molar-refractivity contribution >= 4 is 17.5 Å². The van der Waals surface area contributed by atoms with Gasteiger partial charge in [-0.3, -0.25) is 19.7 Å². The molecule has 0 heterocycles. The molecule has 0 aliphatic rings. The molecule has 0 fully saturated rings. The van der Waals surface area contributed by atoms with Gasteiger partial charge in [-0.2, -0.15) is 0 Å². The van der Waals surface area contributed by atoms with E-state index in [1.165, 1.54) is 29.2 Å². The van der Waals surface area contributed by atoms with Crippen molar-refractivity contribution in [1.82, 2.24) is 10.2 Å². The zero-order valence-electron chi connectivity index (χ0n) is 14.1. The van der Waals surface area contributed by atoms with E-state index >= 15 is 0 Å². The summed E-state index contributed by atoms with van der Waals surface area (Å²) in [4.78, 5) is 35.9. The van der Waals surface area contributed by atoms with Gasteiger partial charge in [0.15, 0.2) is 0 Å². The number of likely N-dealkylation sites (N-methyl/N-ethyl adjacent to an activating group) is 1. The lowest BCUT2D eigenvalue weighted by atomic mass is 10.1. The summed E-state index contributed by atoms with van der Waals surface area (Å²) in [6.45, 7) is 2.24. The first-order valence-electron chi connectivity index (χ1n) is 7.69. The maximum atomic E-state index is 12.2. The standard InChI is InChI=1S/C18H19N3O4/c1-13-6-3-4-7-15(13)12-20(2)17(22)11-19-18(23)14-8-5-9-16(10-14)21(24)25/h3-10H,11-12H2,1-2H3,(H,19,23). The number of amides is 2. The lowest BCUT2D eigenvalue weighted by Gasteiger charge is -2.18. The predicted molar refractivity (Wildman–Crippen MR) is 93.1 cm³/mol. The van der Waals surface area contributed by atoms with E-state index in [1.807, 2.05) is 31.2 Å². The van der Waals surface area contributed by atoms with Gasteiger partial charge in [0, 0.05) is 31.3 Å². The fraction of sp³-hybridized carbons (Fsp3) is 0.222. The minimum atomic E-state index is -0.572. The van der Waals surface area contributed by atoms with Crippen molar-refractivity contribution < 1.29 is 14.5 Å². The van der Waals surface area contributed by atoms with Crippen LogP contribution in [0.15, 0.2) is 48.5 Å². The summed E-state index contributed by atoms with van der Waals surface area (Å²) >= 11 is 0. The Kier molecular flexibility index (Phi) is 5.84. The van der Waals surface area contributed by atoms with Crippen LogP contribution in [-0.4, -0.2) is 35.2 Å². The van der Waals surface area contributed by atoms with Crippen LogP contribution >= 0.6 is 0 Å². The van der Waals surface area contributed by atoms with Crippen LogP contribution in [-0.2, 0) is 11.3 Å². The number of carbonyl (C=O) groups excluding carboxylic acids is 2. The highest BCUT2D eigenvalue weighted by Crippen LogP contribution is 2.13. The van der Waals surface area contributed by atoms with E-state index in [4.69, 9.17) is 0 Å². The maximum absolute atomic E-state index is 12.2. The smallest absolute Gasteiger partial charge is 0.270 e. The highest BCUT2D eigenvalue weighted by molar-refractivity contribution is 5.96. The third-order valence-corrected chi connectivity index (χ3v) is 3.81. The number of carbonyl (C=O) groups is 2. The normalized spacial score (nSPS) is 10.2. The Balaban J connectivity index is 1.92. The van der Waals surface area contributed by atoms with Crippen LogP contribution in [0.1, 0.15) is 21.5 Å². The number of nitrogens with one attached hydrogen (secondary N) is 1. The van der Waals surface area contributed by atoms with E-state index in [-0.39, 0.29) is 23.7 Å². The first-order chi connectivity index (χ1) is 11.9. The zero-order valence-corrected chi connectivity index (χ0v) is 14.1. The molecule has 0 aliphatic carbocycles. The van der Waals surface area contributed by atoms with E-state index in [1.54, 1.807) is 7.05 Å². The van der Waals surface area contributed by atoms with Crippen molar-refractivity contribution in [1.29, 1.82) is 0 Å². The van der Waals surface area contributed by atoms with Crippen molar-refractivity contribution in [2.75, 3.05) is 13.6 Å². The summed E-state index contributed by atoms with van der Waals surface area (Å²) < 4.78 is 0. The third-order valence-electron chi connectivity index (χ3n) is 3.81. The molecule has 0 bridgehead atoms. The molecule has 0 radical (unpaired) electrons. The molecular weight excluding hydrogens is 322 g/mol. The van der Waals surface area contributed by atoms with Crippen molar-refractivity contribution in [3.05, 3.63) is 75.3 Å². The second kappa shape index (κ2) is 8.05. The Morgan fingerprint density at radius 2 is 1.88 bits per heavy atom. The van der Waals surface area contributed by atoms with Crippen molar-refractivity contribution in [3.8, 4) is 0 Å². The topological polar surface area (TPSA) is 92.6 Å². The molecule has 2 aromatic carbocycles. The number of aryl methyl sites for hydroxylation is 1. The lowest BCUT2D eigenvalue weighted by molar-refractivity contribution is -0.384. The molecule has 0 saturated carbocycles. The molecule has 0 saturated heterocycles. The van der Waals surface area contributed by atoms with Gasteiger partial charge in [-0.1, -0.05) is 30.3 Å². The monoisotopic (exact) mass is 341 g/mol. The number of non-ortho nitro benzene ring substituents is 1. The van der Waals surface area contributed by atoms with E-state index in [9.17, 15) is 19.7 Å². The third kappa shape index (κ3) is 4.87. The van der Waals surface area contributed by atoms with E-state index in [2.05, 4.69) is 5.32 Å². The van der Waals surface area contributed by atoms with Crippen LogP contribution in [0.4, 0.5) is 5.69 Å². The molecule has 2 rings (SSSR count). The Labute approximate surface area is 145 Å². The van der Waals surface area contributed by atoms with Crippen LogP contribution in [0.25, 0.3) is 0 Å². The number of nitro groups is 1. The largest absolute Gasteiger partial charge is 0.343 e. The molecular formula is C18H19N3O4. The van der Waals surface area contributed by atoms with Gasteiger partial charge in [0.25, 0.3) is 11.6 Å². The molecule has 0 aromatic heterocycles. The maximum Gasteiger partial charge on any atom is 0.270 e. The minimum Gasteiger partial charge on any atom is -0.343 e. The summed E-state index contributed by atoms with van der Waals surface area (Å²) in [5.74, 6) is -0.775. The highest BCUT2D eigenvalue weighted by Gasteiger charge is 2.14. The van der Waals surface area contributed by atoms with Crippen LogP contribution in [0.2, 0.25) is 0 Å². The molecule has 0 atom stereocenters. The fourth-order valence-electron chi connectivity index (χ4n) is 2.28. The van der Waals surface area contributed by atoms with Gasteiger partial charge in [0.2, 0.25) is 5.91 Å². The van der Waals surface area contributed by atoms with Crippen molar-refractivity contribution in [2.45, 2.75) is 13.5 Å². The van der Waals surface area contributed by atoms with Gasteiger partial charge < -0.3 is 10.2 Å². The van der Waals surface area contributed by atoms with E-state index in [0.29, 0.717) is 6.54 Å². The average molecular weight is 341 g/mol. The zero-order chi connectivity index (χ0) is 18.4. The number of nitro benzene ring substituents is 1. The average Bonchev–Trinajstić information content (AvgIpc) is 2.61. The van der Waals surface area contributed by atoms with Crippen LogP contribution in [0.3, 0.4) is 0 Å². The lowest BCUT2D eigenvalue weighted by Crippen LogP contribution is -2.37. The van der Waals surface area contributed by atoms with Crippen molar-refractivity contribution in [3.63, 3.8) is 0 Å². The quantitative estimate of drug-likeness (QED) is 0.644. The molecule has 2 amide bonds. The van der Waals surface area contributed by atoms with E-state index < -0.39 is 10.8 Å². The molecule has 7 heteroatoms. The Morgan fingerprint density at radius 1 is 1.16 bits per heavy atom. The Bertz CT molecular complexity index is 804. The SMILES string of the molecule is Cc1ccccc1CN(C)C(=O)CNC(=O)c1cccc([N+](=O)[O-])c1. The minimum absolute atomic E-state index is 0.142. The Hall–Kier alpha value is -3.22. The molecule has 0 unspecified atom stereocenters. The molecule has 0 aliphatic heterocycles. The number of rotatable bonds is 6. The first kappa shape index (κ1) is 18.1. The van der Waals surface area contributed by atoms with Gasteiger partial charge in [0.05, 0.1) is 11.5 Å². The molecule has 7 nitrogen and oxygen atoms in total. The molecule has 0 spiro atoms. The fourth-order valence-corrected chi connectivity index (χ4v) is 2.28. The second-order valence-corrected chi connectivity index (χ2v) is 5.67. The summed E-state index contributed by atoms with van der Waals surface area (Å²) in [7, 11) is 1.66. The Morgan fingerprint density at radius 3 is 2.56 bits per heavy atom. The van der Waals surface area contributed by atoms with Gasteiger partial charge in [-0.15, -0.1) is 0 Å². The van der Waals surface area contributed by atoms with Gasteiger partial charge in [-0.25, -0.2) is 0 Å².